The third-order valence-corrected chi connectivity index (χ3v) is 7.99. The first-order chi connectivity index (χ1) is 15.6. The highest BCUT2D eigenvalue weighted by Crippen LogP contribution is 2.44. The van der Waals surface area contributed by atoms with Gasteiger partial charge in [-0.15, -0.1) is 0 Å². The van der Waals surface area contributed by atoms with Crippen molar-refractivity contribution in [3.63, 3.8) is 0 Å². The van der Waals surface area contributed by atoms with Gasteiger partial charge in [0.15, 0.2) is 0 Å². The predicted molar refractivity (Wildman–Crippen MR) is 146 cm³/mol. The number of benzene rings is 1. The van der Waals surface area contributed by atoms with Gasteiger partial charge in [0.1, 0.15) is 0 Å². The van der Waals surface area contributed by atoms with Gasteiger partial charge in [0.2, 0.25) is 0 Å². The lowest BCUT2D eigenvalue weighted by Crippen LogP contribution is -2.30. The van der Waals surface area contributed by atoms with Crippen molar-refractivity contribution in [2.24, 2.45) is 0 Å². The molecule has 1 radical (unpaired) electrons. The quantitative estimate of drug-likeness (QED) is 0.189. The minimum absolute atomic E-state index is 0.337. The highest BCUT2D eigenvalue weighted by atomic mass is 14.4. The van der Waals surface area contributed by atoms with Crippen LogP contribution in [0.2, 0.25) is 0 Å². The Bertz CT molecular complexity index is 478. The van der Waals surface area contributed by atoms with E-state index in [0.29, 0.717) is 10.8 Å². The Morgan fingerprint density at radius 1 is 0.469 bits per heavy atom. The van der Waals surface area contributed by atoms with Crippen molar-refractivity contribution in [3.05, 3.63) is 35.4 Å². The Labute approximate surface area is 203 Å². The average molecular weight is 442 g/mol. The molecule has 0 nitrogen and oxygen atoms in total. The molecule has 0 N–H and O–H groups in total. The molecule has 0 saturated heterocycles. The van der Waals surface area contributed by atoms with Crippen LogP contribution in [-0.2, 0) is 10.8 Å². The largest absolute Gasteiger partial charge is 0.0654 e. The summed E-state index contributed by atoms with van der Waals surface area (Å²) in [6.45, 7) is 14.1. The highest BCUT2D eigenvalue weighted by molar-refractivity contribution is 5.34. The molecule has 0 bridgehead atoms. The lowest BCUT2D eigenvalue weighted by Gasteiger charge is -2.39. The van der Waals surface area contributed by atoms with Crippen LogP contribution in [-0.4, -0.2) is 0 Å². The molecule has 185 valence electrons. The van der Waals surface area contributed by atoms with Crippen LogP contribution in [0, 0.1) is 6.07 Å². The van der Waals surface area contributed by atoms with E-state index in [2.05, 4.69) is 65.8 Å². The van der Waals surface area contributed by atoms with E-state index in [9.17, 15) is 0 Å². The maximum Gasteiger partial charge on any atom is -0.00407 e. The van der Waals surface area contributed by atoms with Crippen LogP contribution >= 0.6 is 0 Å². The molecule has 0 saturated carbocycles. The molecule has 0 heteroatoms. The third-order valence-electron chi connectivity index (χ3n) is 7.99. The first-order valence-electron chi connectivity index (χ1n) is 14.6. The molecule has 0 spiro atoms. The van der Waals surface area contributed by atoms with Gasteiger partial charge in [0.25, 0.3) is 0 Å². The first-order valence-corrected chi connectivity index (χ1v) is 14.6. The zero-order valence-corrected chi connectivity index (χ0v) is 23.0. The van der Waals surface area contributed by atoms with Crippen molar-refractivity contribution in [1.29, 1.82) is 0 Å². The van der Waals surface area contributed by atoms with E-state index in [-0.39, 0.29) is 0 Å². The van der Waals surface area contributed by atoms with E-state index in [1.807, 2.05) is 0 Å². The fraction of sp³-hybridized carbons (Fsp3) is 0.812. The smallest absolute Gasteiger partial charge is 0.00407 e. The molecular formula is C32H57. The Morgan fingerprint density at radius 2 is 0.719 bits per heavy atom. The molecule has 1 aromatic carbocycles. The van der Waals surface area contributed by atoms with Crippen LogP contribution in [0.1, 0.15) is 168 Å². The summed E-state index contributed by atoms with van der Waals surface area (Å²) < 4.78 is 0. The van der Waals surface area contributed by atoms with Gasteiger partial charge in [0.05, 0.1) is 0 Å². The molecule has 0 aromatic heterocycles. The van der Waals surface area contributed by atoms with Gasteiger partial charge in [-0.05, 0) is 66.5 Å². The second-order valence-electron chi connectivity index (χ2n) is 10.7. The van der Waals surface area contributed by atoms with E-state index in [0.717, 1.165) is 0 Å². The molecule has 0 unspecified atom stereocenters. The molecule has 0 aliphatic rings. The maximum atomic E-state index is 4.18. The molecule has 0 atom stereocenters. The fourth-order valence-corrected chi connectivity index (χ4v) is 5.74. The Balaban J connectivity index is 3.49. The van der Waals surface area contributed by atoms with Crippen molar-refractivity contribution in [2.75, 3.05) is 0 Å². The minimum Gasteiger partial charge on any atom is -0.0654 e. The van der Waals surface area contributed by atoms with Crippen LogP contribution in [0.25, 0.3) is 0 Å². The molecule has 0 heterocycles. The minimum atomic E-state index is 0.337. The summed E-state index contributed by atoms with van der Waals surface area (Å²) in [5.74, 6) is 0. The summed E-state index contributed by atoms with van der Waals surface area (Å²) >= 11 is 0. The second-order valence-corrected chi connectivity index (χ2v) is 10.7. The zero-order valence-electron chi connectivity index (χ0n) is 23.0. The van der Waals surface area contributed by atoms with Gasteiger partial charge >= 0.3 is 0 Å². The molecule has 1 aromatic rings. The maximum absolute atomic E-state index is 4.18. The topological polar surface area (TPSA) is 0 Å². The highest BCUT2D eigenvalue weighted by Gasteiger charge is 2.35. The number of unbranched alkanes of at least 4 members (excludes halogenated alkanes) is 6. The second kappa shape index (κ2) is 16.8. The van der Waals surface area contributed by atoms with E-state index < -0.39 is 0 Å². The van der Waals surface area contributed by atoms with Crippen molar-refractivity contribution < 1.29 is 0 Å². The van der Waals surface area contributed by atoms with Crippen LogP contribution in [0.3, 0.4) is 0 Å². The standard InChI is InChI=1S/C32H57/c1-7-13-22-31(23-14-8-2,24-15-9-3)29-20-19-21-30(28-29)32(25-16-10-4,26-17-11-5)27-18-12-6/h19-21H,7-18,22-27H2,1-6H3. The van der Waals surface area contributed by atoms with Gasteiger partial charge in [0, 0.05) is 0 Å². The number of hydrogen-bond acceptors (Lipinski definition) is 0. The van der Waals surface area contributed by atoms with Crippen molar-refractivity contribution in [2.45, 2.75) is 168 Å². The normalized spacial score (nSPS) is 12.4. The summed E-state index contributed by atoms with van der Waals surface area (Å²) in [5, 5.41) is 0. The Morgan fingerprint density at radius 3 is 0.938 bits per heavy atom. The van der Waals surface area contributed by atoms with Gasteiger partial charge < -0.3 is 0 Å². The van der Waals surface area contributed by atoms with E-state index in [4.69, 9.17) is 0 Å². The van der Waals surface area contributed by atoms with Gasteiger partial charge in [-0.1, -0.05) is 137 Å². The predicted octanol–water partition coefficient (Wildman–Crippen LogP) is 11.1. The summed E-state index contributed by atoms with van der Waals surface area (Å²) in [6.07, 6.45) is 23.9. The summed E-state index contributed by atoms with van der Waals surface area (Å²) in [7, 11) is 0. The third kappa shape index (κ3) is 8.87. The molecule has 0 aliphatic carbocycles. The summed E-state index contributed by atoms with van der Waals surface area (Å²) in [4.78, 5) is 0. The Hall–Kier alpha value is -0.780. The molecule has 0 amide bonds. The SMILES string of the molecule is CCCCC(CCCC)(CCCC)c1[c]c(C(CCCC)(CCCC)CCCC)ccc1. The summed E-state index contributed by atoms with van der Waals surface area (Å²) in [5.41, 5.74) is 3.78. The van der Waals surface area contributed by atoms with Gasteiger partial charge in [-0.25, -0.2) is 0 Å². The van der Waals surface area contributed by atoms with Crippen LogP contribution in [0.5, 0.6) is 0 Å². The van der Waals surface area contributed by atoms with Crippen LogP contribution < -0.4 is 0 Å². The van der Waals surface area contributed by atoms with Gasteiger partial charge in [-0.3, -0.25) is 0 Å². The van der Waals surface area contributed by atoms with Crippen LogP contribution in [0.4, 0.5) is 0 Å². The molecule has 0 fully saturated rings. The lowest BCUT2D eigenvalue weighted by atomic mass is 9.65. The number of rotatable bonds is 20. The van der Waals surface area contributed by atoms with Crippen molar-refractivity contribution >= 4 is 0 Å². The van der Waals surface area contributed by atoms with Crippen LogP contribution in [0.15, 0.2) is 18.2 Å². The van der Waals surface area contributed by atoms with Crippen molar-refractivity contribution in [3.8, 4) is 0 Å². The lowest BCUT2D eigenvalue weighted by molar-refractivity contribution is 0.298. The van der Waals surface area contributed by atoms with E-state index >= 15 is 0 Å². The average Bonchev–Trinajstić information content (AvgIpc) is 2.83. The zero-order chi connectivity index (χ0) is 23.7. The number of hydrogen-bond donors (Lipinski definition) is 0. The summed E-state index contributed by atoms with van der Waals surface area (Å²) in [6, 6.07) is 11.5. The molecule has 0 aliphatic heterocycles. The first kappa shape index (κ1) is 29.3. The van der Waals surface area contributed by atoms with Gasteiger partial charge in [-0.2, -0.15) is 0 Å². The monoisotopic (exact) mass is 441 g/mol. The molecule has 32 heavy (non-hydrogen) atoms. The van der Waals surface area contributed by atoms with E-state index in [1.54, 1.807) is 11.1 Å². The Kier molecular flexibility index (Phi) is 15.3. The molecular weight excluding hydrogens is 384 g/mol. The van der Waals surface area contributed by atoms with E-state index in [1.165, 1.54) is 116 Å². The molecule has 1 rings (SSSR count). The van der Waals surface area contributed by atoms with Crippen molar-refractivity contribution in [1.82, 2.24) is 0 Å². The fourth-order valence-electron chi connectivity index (χ4n) is 5.74.